The molecule has 3 N–H and O–H groups in total. The molecule has 0 spiro atoms. The van der Waals surface area contributed by atoms with Crippen molar-refractivity contribution in [2.24, 2.45) is 16.6 Å². The molecule has 0 aromatic heterocycles. The highest BCUT2D eigenvalue weighted by molar-refractivity contribution is 5.88. The van der Waals surface area contributed by atoms with Gasteiger partial charge in [-0.15, -0.1) is 0 Å². The van der Waals surface area contributed by atoms with Crippen molar-refractivity contribution < 1.29 is 14.5 Å². The highest BCUT2D eigenvalue weighted by Gasteiger charge is 2.77. The lowest BCUT2D eigenvalue weighted by Crippen LogP contribution is -2.90. The zero-order valence-corrected chi connectivity index (χ0v) is 11.3. The molecule has 100 valence electrons. The quantitative estimate of drug-likeness (QED) is 0.497. The highest BCUT2D eigenvalue weighted by atomic mass is 16.7. The van der Waals surface area contributed by atoms with Gasteiger partial charge in [0, 0.05) is 20.6 Å². The number of hydrogen-bond acceptors (Lipinski definition) is 5. The second-order valence-electron chi connectivity index (χ2n) is 5.03. The number of methoxy groups -OCH3 is 2. The molecule has 6 heteroatoms. The van der Waals surface area contributed by atoms with Crippen molar-refractivity contribution >= 4 is 5.84 Å². The molecule has 0 fully saturated rings. The van der Waals surface area contributed by atoms with Crippen LogP contribution in [0.25, 0.3) is 0 Å². The van der Waals surface area contributed by atoms with Crippen LogP contribution in [0, 0.1) is 33.5 Å². The Morgan fingerprint density at radius 3 is 2.42 bits per heavy atom. The van der Waals surface area contributed by atoms with Gasteiger partial charge >= 0.3 is 5.91 Å². The van der Waals surface area contributed by atoms with Gasteiger partial charge in [0.2, 0.25) is 0 Å². The summed E-state index contributed by atoms with van der Waals surface area (Å²) in [5.74, 6) is -1.17. The van der Waals surface area contributed by atoms with Gasteiger partial charge in [-0.25, -0.2) is 4.99 Å². The number of fused-ring (bicyclic) bond motifs is 1. The second kappa shape index (κ2) is 4.06. The van der Waals surface area contributed by atoms with Crippen LogP contribution in [0.1, 0.15) is 19.8 Å². The number of nitrogens with two attached hydrogens (primary N) is 1. The minimum Gasteiger partial charge on any atom is -0.317 e. The Balaban J connectivity index is 2.77. The van der Waals surface area contributed by atoms with E-state index >= 15 is 0 Å². The fourth-order valence-corrected chi connectivity index (χ4v) is 3.22. The van der Waals surface area contributed by atoms with E-state index in [4.69, 9.17) is 15.2 Å². The average molecular weight is 261 g/mol. The van der Waals surface area contributed by atoms with Crippen molar-refractivity contribution in [1.82, 2.24) is 0 Å². The first-order valence-electron chi connectivity index (χ1n) is 5.97. The van der Waals surface area contributed by atoms with Crippen LogP contribution < -0.4 is 10.7 Å². The first-order valence-corrected chi connectivity index (χ1v) is 5.97. The summed E-state index contributed by atoms with van der Waals surface area (Å²) in [6.45, 7) is 1.92. The Hall–Kier alpha value is -1.89. The summed E-state index contributed by atoms with van der Waals surface area (Å²) in [6, 6.07) is 4.46. The number of amidine groups is 1. The number of hydrogen-bond donors (Lipinski definition) is 2. The van der Waals surface area contributed by atoms with E-state index in [1.54, 1.807) is 0 Å². The summed E-state index contributed by atoms with van der Waals surface area (Å²) in [5, 5.41) is 19.4. The van der Waals surface area contributed by atoms with Crippen molar-refractivity contribution in [3.8, 4) is 12.1 Å². The van der Waals surface area contributed by atoms with Gasteiger partial charge in [-0.1, -0.05) is 11.6 Å². The van der Waals surface area contributed by atoms with Crippen LogP contribution in [0.4, 0.5) is 0 Å². The lowest BCUT2D eigenvalue weighted by molar-refractivity contribution is -0.690. The zero-order valence-electron chi connectivity index (χ0n) is 11.3. The Labute approximate surface area is 112 Å². The van der Waals surface area contributed by atoms with Gasteiger partial charge in [-0.2, -0.15) is 10.5 Å². The molecule has 2 aliphatic rings. The molecule has 0 unspecified atom stereocenters. The molecule has 0 saturated heterocycles. The van der Waals surface area contributed by atoms with Gasteiger partial charge in [0.1, 0.15) is 0 Å². The van der Waals surface area contributed by atoms with Gasteiger partial charge in [-0.3, -0.25) is 5.73 Å². The van der Waals surface area contributed by atoms with E-state index in [0.717, 1.165) is 5.57 Å². The number of nitriles is 2. The van der Waals surface area contributed by atoms with Crippen LogP contribution in [0.15, 0.2) is 11.6 Å². The monoisotopic (exact) mass is 261 g/mol. The Morgan fingerprint density at radius 1 is 1.32 bits per heavy atom. The van der Waals surface area contributed by atoms with E-state index < -0.39 is 16.7 Å². The zero-order chi connectivity index (χ0) is 14.3. The molecule has 2 rings (SSSR count). The predicted octanol–water partition coefficient (Wildman–Crippen LogP) is -0.856. The fraction of sp³-hybridized carbons (Fsp3) is 0.615. The van der Waals surface area contributed by atoms with Crippen molar-refractivity contribution in [2.75, 3.05) is 14.2 Å². The van der Waals surface area contributed by atoms with E-state index in [0.29, 0.717) is 12.8 Å². The fourth-order valence-electron chi connectivity index (χ4n) is 3.22. The summed E-state index contributed by atoms with van der Waals surface area (Å²) in [6.07, 6.45) is 2.68. The molecular weight excluding hydrogens is 244 g/mol. The Morgan fingerprint density at radius 2 is 1.95 bits per heavy atom. The SMILES string of the molecule is COC1(OC)[NH+]=C(N)[C@]2(C#N)CC(C)=CC[C@]12C#N. The van der Waals surface area contributed by atoms with Crippen molar-refractivity contribution in [3.05, 3.63) is 11.6 Å². The van der Waals surface area contributed by atoms with Gasteiger partial charge in [0.05, 0.1) is 12.1 Å². The first kappa shape index (κ1) is 13.5. The van der Waals surface area contributed by atoms with Gasteiger partial charge < -0.3 is 9.47 Å². The number of allylic oxidation sites excluding steroid dienone is 2. The van der Waals surface area contributed by atoms with Gasteiger partial charge in [-0.05, 0) is 13.3 Å². The average Bonchev–Trinajstić information content (AvgIpc) is 2.65. The van der Waals surface area contributed by atoms with Crippen molar-refractivity contribution in [3.63, 3.8) is 0 Å². The Bertz CT molecular complexity index is 550. The molecule has 6 nitrogen and oxygen atoms in total. The molecule has 1 aliphatic heterocycles. The topological polar surface area (TPSA) is 106 Å². The number of ether oxygens (including phenoxy) is 2. The molecule has 0 amide bonds. The highest BCUT2D eigenvalue weighted by Crippen LogP contribution is 2.56. The number of nitrogens with one attached hydrogen (secondary N) is 1. The smallest absolute Gasteiger partial charge is 0.317 e. The molecular formula is C13H17N4O2+. The van der Waals surface area contributed by atoms with Crippen LogP contribution in [0.3, 0.4) is 0 Å². The minimum atomic E-state index is -1.40. The maximum atomic E-state index is 9.75. The molecule has 1 aliphatic carbocycles. The second-order valence-corrected chi connectivity index (χ2v) is 5.03. The molecule has 0 aromatic carbocycles. The third-order valence-corrected chi connectivity index (χ3v) is 4.31. The molecule has 1 heterocycles. The van der Waals surface area contributed by atoms with Crippen LogP contribution >= 0.6 is 0 Å². The molecule has 0 aromatic rings. The number of rotatable bonds is 2. The largest absolute Gasteiger partial charge is 0.342 e. The molecule has 19 heavy (non-hydrogen) atoms. The van der Waals surface area contributed by atoms with E-state index in [2.05, 4.69) is 17.1 Å². The molecule has 0 bridgehead atoms. The summed E-state index contributed by atoms with van der Waals surface area (Å²) in [7, 11) is 2.86. The maximum absolute atomic E-state index is 9.75. The van der Waals surface area contributed by atoms with Gasteiger partial charge in [0.25, 0.3) is 5.84 Å². The lowest BCUT2D eigenvalue weighted by Gasteiger charge is -2.42. The van der Waals surface area contributed by atoms with E-state index in [9.17, 15) is 10.5 Å². The normalized spacial score (nSPS) is 35.6. The van der Waals surface area contributed by atoms with Crippen molar-refractivity contribution in [2.45, 2.75) is 25.7 Å². The van der Waals surface area contributed by atoms with Crippen LogP contribution in [0.2, 0.25) is 0 Å². The molecule has 0 saturated carbocycles. The minimum absolute atomic E-state index is 0.229. The summed E-state index contributed by atoms with van der Waals surface area (Å²) in [5.41, 5.74) is 4.70. The standard InChI is InChI=1S/C13H16N4O2/c1-9-4-5-12(8-15)11(6-9,7-14)10(16)17-13(12,18-2)19-3/h4H,5-6H2,1-3H3,(H2,16,17)/p+1/t11-,12-/m1/s1. The van der Waals surface area contributed by atoms with E-state index in [1.807, 2.05) is 13.0 Å². The van der Waals surface area contributed by atoms with E-state index in [1.165, 1.54) is 14.2 Å². The summed E-state index contributed by atoms with van der Waals surface area (Å²) in [4.78, 5) is 2.88. The van der Waals surface area contributed by atoms with Crippen LogP contribution in [-0.2, 0) is 9.47 Å². The van der Waals surface area contributed by atoms with Crippen molar-refractivity contribution in [1.29, 1.82) is 10.5 Å². The molecule has 0 radical (unpaired) electrons. The van der Waals surface area contributed by atoms with E-state index in [-0.39, 0.29) is 5.84 Å². The summed E-state index contributed by atoms with van der Waals surface area (Å²) < 4.78 is 10.8. The van der Waals surface area contributed by atoms with Gasteiger partial charge in [0.15, 0.2) is 10.8 Å². The summed E-state index contributed by atoms with van der Waals surface area (Å²) >= 11 is 0. The third-order valence-electron chi connectivity index (χ3n) is 4.31. The maximum Gasteiger partial charge on any atom is 0.342 e. The molecule has 2 atom stereocenters. The third kappa shape index (κ3) is 1.28. The van der Waals surface area contributed by atoms with Crippen LogP contribution in [0.5, 0.6) is 0 Å². The predicted molar refractivity (Wildman–Crippen MR) is 66.0 cm³/mol. The number of nitrogens with zero attached hydrogens (tertiary/aromatic N) is 2. The Kier molecular flexibility index (Phi) is 2.89. The first-order chi connectivity index (χ1) is 8.97. The van der Waals surface area contributed by atoms with Crippen LogP contribution in [-0.4, -0.2) is 26.0 Å². The lowest BCUT2D eigenvalue weighted by atomic mass is 9.57.